The molecule has 0 spiro atoms. The Morgan fingerprint density at radius 2 is 1.93 bits per heavy atom. The van der Waals surface area contributed by atoms with Crippen molar-refractivity contribution in [2.45, 2.75) is 31.6 Å². The molecule has 1 fully saturated rings. The molecular weight excluding hydrogens is 404 g/mol. The maximum atomic E-state index is 12.8. The molecule has 1 saturated heterocycles. The van der Waals surface area contributed by atoms with Crippen molar-refractivity contribution in [1.29, 1.82) is 0 Å². The molecule has 1 aromatic heterocycles. The summed E-state index contributed by atoms with van der Waals surface area (Å²) in [5.74, 6) is 1.05. The number of hydrogen-bond acceptors (Lipinski definition) is 6. The van der Waals surface area contributed by atoms with Gasteiger partial charge in [-0.05, 0) is 36.6 Å². The van der Waals surface area contributed by atoms with E-state index in [2.05, 4.69) is 20.2 Å². The molecule has 2 heterocycles. The third kappa shape index (κ3) is 5.94. The van der Waals surface area contributed by atoms with Crippen LogP contribution >= 0.6 is 0 Å². The highest BCUT2D eigenvalue weighted by Crippen LogP contribution is 2.30. The van der Waals surface area contributed by atoms with Gasteiger partial charge in [0.2, 0.25) is 5.95 Å². The lowest BCUT2D eigenvalue weighted by molar-refractivity contribution is -0.141. The molecule has 0 saturated carbocycles. The number of likely N-dealkylation sites (tertiary alicyclic amines) is 1. The van der Waals surface area contributed by atoms with Gasteiger partial charge in [-0.25, -0.2) is 14.4 Å². The van der Waals surface area contributed by atoms with Crippen molar-refractivity contribution in [3.05, 3.63) is 41.7 Å². The first-order valence-corrected chi connectivity index (χ1v) is 9.64. The van der Waals surface area contributed by atoms with Crippen LogP contribution in [0.5, 0.6) is 11.5 Å². The predicted octanol–water partition coefficient (Wildman–Crippen LogP) is 3.93. The fraction of sp³-hybridized carbons (Fsp3) is 0.500. The molecule has 10 heteroatoms. The van der Waals surface area contributed by atoms with Gasteiger partial charge in [0, 0.05) is 31.9 Å². The van der Waals surface area contributed by atoms with Gasteiger partial charge in [-0.2, -0.15) is 13.2 Å². The van der Waals surface area contributed by atoms with Crippen molar-refractivity contribution in [3.8, 4) is 11.5 Å². The molecule has 0 atom stereocenters. The zero-order valence-corrected chi connectivity index (χ0v) is 16.6. The number of rotatable bonds is 8. The number of piperidine rings is 1. The molecule has 0 aliphatic carbocycles. The molecular formula is C20H24F4N4O2. The number of anilines is 1. The number of benzene rings is 1. The third-order valence-electron chi connectivity index (χ3n) is 4.84. The van der Waals surface area contributed by atoms with Crippen LogP contribution in [-0.2, 0) is 12.7 Å². The third-order valence-corrected chi connectivity index (χ3v) is 4.84. The van der Waals surface area contributed by atoms with Gasteiger partial charge in [0.1, 0.15) is 19.0 Å². The molecule has 0 bridgehead atoms. The molecule has 2 aromatic rings. The Balaban J connectivity index is 1.54. The smallest absolute Gasteiger partial charge is 0.433 e. The Labute approximate surface area is 172 Å². The van der Waals surface area contributed by atoms with Gasteiger partial charge < -0.3 is 14.8 Å². The minimum absolute atomic E-state index is 0.00375. The highest BCUT2D eigenvalue weighted by Gasteiger charge is 2.33. The van der Waals surface area contributed by atoms with Gasteiger partial charge >= 0.3 is 6.18 Å². The lowest BCUT2D eigenvalue weighted by atomic mass is 10.0. The zero-order chi connectivity index (χ0) is 21.6. The molecule has 3 rings (SSSR count). The quantitative estimate of drug-likeness (QED) is 0.643. The number of alkyl halides is 4. The Hall–Kier alpha value is -2.62. The van der Waals surface area contributed by atoms with Crippen LogP contribution in [0.25, 0.3) is 0 Å². The Morgan fingerprint density at radius 1 is 1.17 bits per heavy atom. The van der Waals surface area contributed by atoms with E-state index in [1.54, 1.807) is 6.07 Å². The summed E-state index contributed by atoms with van der Waals surface area (Å²) in [5.41, 5.74) is 0.0556. The van der Waals surface area contributed by atoms with E-state index in [4.69, 9.17) is 9.47 Å². The average Bonchev–Trinajstić information content (AvgIpc) is 2.73. The molecule has 0 amide bonds. The topological polar surface area (TPSA) is 59.5 Å². The number of methoxy groups -OCH3 is 1. The highest BCUT2D eigenvalue weighted by atomic mass is 19.4. The van der Waals surface area contributed by atoms with Gasteiger partial charge in [0.15, 0.2) is 11.5 Å². The average molecular weight is 428 g/mol. The van der Waals surface area contributed by atoms with Gasteiger partial charge in [0.05, 0.1) is 7.11 Å². The molecule has 164 valence electrons. The number of nitrogens with one attached hydrogen (secondary N) is 1. The fourth-order valence-electron chi connectivity index (χ4n) is 3.34. The number of nitrogens with zero attached hydrogens (tertiary/aromatic N) is 3. The molecule has 1 aromatic carbocycles. The maximum Gasteiger partial charge on any atom is 0.433 e. The number of ether oxygens (including phenoxy) is 2. The molecule has 1 N–H and O–H groups in total. The summed E-state index contributed by atoms with van der Waals surface area (Å²) in [6.45, 7) is 1.60. The fourth-order valence-corrected chi connectivity index (χ4v) is 3.34. The molecule has 1 aliphatic heterocycles. The van der Waals surface area contributed by atoms with Crippen LogP contribution in [-0.4, -0.2) is 54.4 Å². The summed E-state index contributed by atoms with van der Waals surface area (Å²) < 4.78 is 61.4. The summed E-state index contributed by atoms with van der Waals surface area (Å²) in [6, 6.07) is 6.43. The molecule has 30 heavy (non-hydrogen) atoms. The van der Waals surface area contributed by atoms with Crippen molar-refractivity contribution in [2.24, 2.45) is 0 Å². The van der Waals surface area contributed by atoms with Crippen LogP contribution in [0.1, 0.15) is 24.1 Å². The summed E-state index contributed by atoms with van der Waals surface area (Å²) in [6.07, 6.45) is -1.88. The Kier molecular flexibility index (Phi) is 7.30. The van der Waals surface area contributed by atoms with Crippen LogP contribution in [0.4, 0.5) is 23.5 Å². The van der Waals surface area contributed by atoms with Crippen LogP contribution in [0.15, 0.2) is 30.5 Å². The SMILES string of the molecule is COc1ccc(CN2CCC(Nc3nccc(C(F)(F)F)n3)CC2)cc1OCCF. The van der Waals surface area contributed by atoms with E-state index in [1.807, 2.05) is 12.1 Å². The molecule has 1 aliphatic rings. The number of halogens is 4. The lowest BCUT2D eigenvalue weighted by Crippen LogP contribution is -2.39. The van der Waals surface area contributed by atoms with E-state index in [9.17, 15) is 17.6 Å². The van der Waals surface area contributed by atoms with Crippen molar-refractivity contribution in [1.82, 2.24) is 14.9 Å². The second kappa shape index (κ2) is 9.92. The first-order chi connectivity index (χ1) is 14.4. The van der Waals surface area contributed by atoms with E-state index >= 15 is 0 Å². The van der Waals surface area contributed by atoms with Crippen LogP contribution in [0, 0.1) is 0 Å². The zero-order valence-electron chi connectivity index (χ0n) is 16.6. The van der Waals surface area contributed by atoms with Gasteiger partial charge in [0.25, 0.3) is 0 Å². The predicted molar refractivity (Wildman–Crippen MR) is 103 cm³/mol. The maximum absolute atomic E-state index is 12.8. The summed E-state index contributed by atoms with van der Waals surface area (Å²) in [5, 5.41) is 3.00. The minimum Gasteiger partial charge on any atom is -0.493 e. The molecule has 0 unspecified atom stereocenters. The monoisotopic (exact) mass is 428 g/mol. The van der Waals surface area contributed by atoms with Crippen LogP contribution < -0.4 is 14.8 Å². The number of aromatic nitrogens is 2. The van der Waals surface area contributed by atoms with Crippen molar-refractivity contribution in [3.63, 3.8) is 0 Å². The number of hydrogen-bond donors (Lipinski definition) is 1. The first kappa shape index (κ1) is 22.1. The molecule has 0 radical (unpaired) electrons. The second-order valence-electron chi connectivity index (χ2n) is 6.98. The largest absolute Gasteiger partial charge is 0.493 e. The highest BCUT2D eigenvalue weighted by molar-refractivity contribution is 5.43. The Bertz CT molecular complexity index is 827. The summed E-state index contributed by atoms with van der Waals surface area (Å²) >= 11 is 0. The van der Waals surface area contributed by atoms with Crippen molar-refractivity contribution < 1.29 is 27.0 Å². The van der Waals surface area contributed by atoms with E-state index in [1.165, 1.54) is 7.11 Å². The van der Waals surface area contributed by atoms with Crippen LogP contribution in [0.3, 0.4) is 0 Å². The van der Waals surface area contributed by atoms with Crippen molar-refractivity contribution in [2.75, 3.05) is 38.8 Å². The van der Waals surface area contributed by atoms with E-state index in [0.717, 1.165) is 43.8 Å². The Morgan fingerprint density at radius 3 is 2.60 bits per heavy atom. The summed E-state index contributed by atoms with van der Waals surface area (Å²) in [4.78, 5) is 9.70. The van der Waals surface area contributed by atoms with Crippen LogP contribution in [0.2, 0.25) is 0 Å². The van der Waals surface area contributed by atoms with Gasteiger partial charge in [-0.1, -0.05) is 6.07 Å². The lowest BCUT2D eigenvalue weighted by Gasteiger charge is -2.32. The molecule has 6 nitrogen and oxygen atoms in total. The standard InChI is InChI=1S/C20H24F4N4O2/c1-29-16-3-2-14(12-17(16)30-11-7-21)13-28-9-5-15(6-10-28)26-19-25-8-4-18(27-19)20(22,23)24/h2-4,8,12,15H,5-7,9-11,13H2,1H3,(H,25,26,27). The second-order valence-corrected chi connectivity index (χ2v) is 6.98. The van der Waals surface area contributed by atoms with E-state index in [-0.39, 0.29) is 18.6 Å². The summed E-state index contributed by atoms with van der Waals surface area (Å²) in [7, 11) is 1.53. The van der Waals surface area contributed by atoms with Crippen molar-refractivity contribution >= 4 is 5.95 Å². The van der Waals surface area contributed by atoms with E-state index in [0.29, 0.717) is 18.0 Å². The van der Waals surface area contributed by atoms with Gasteiger partial charge in [-0.3, -0.25) is 4.90 Å². The first-order valence-electron chi connectivity index (χ1n) is 9.64. The minimum atomic E-state index is -4.49. The van der Waals surface area contributed by atoms with Gasteiger partial charge in [-0.15, -0.1) is 0 Å². The van der Waals surface area contributed by atoms with E-state index < -0.39 is 18.5 Å². The normalized spacial score (nSPS) is 15.8.